The van der Waals surface area contributed by atoms with Gasteiger partial charge in [-0.25, -0.2) is 4.39 Å². The van der Waals surface area contributed by atoms with Crippen molar-refractivity contribution in [3.8, 4) is 0 Å². The third-order valence-corrected chi connectivity index (χ3v) is 3.73. The van der Waals surface area contributed by atoms with Gasteiger partial charge in [-0.1, -0.05) is 6.07 Å². The van der Waals surface area contributed by atoms with E-state index in [2.05, 4.69) is 0 Å². The third-order valence-electron chi connectivity index (χ3n) is 3.73. The first-order valence-electron chi connectivity index (χ1n) is 6.38. The molecule has 3 rings (SSSR count). The predicted octanol–water partition coefficient (Wildman–Crippen LogP) is 2.99. The average Bonchev–Trinajstić information content (AvgIpc) is 3.21. The number of ether oxygens (including phenoxy) is 1. The van der Waals surface area contributed by atoms with Crippen LogP contribution in [-0.2, 0) is 11.3 Å². The Labute approximate surface area is 113 Å². The maximum atomic E-state index is 13.3. The van der Waals surface area contributed by atoms with Crippen molar-refractivity contribution in [2.24, 2.45) is 11.7 Å². The summed E-state index contributed by atoms with van der Waals surface area (Å²) in [6, 6.07) is 5.04. The van der Waals surface area contributed by atoms with Crippen molar-refractivity contribution >= 4 is 12.4 Å². The highest BCUT2D eigenvalue weighted by Gasteiger charge is 2.38. The average molecular weight is 271 g/mol. The smallest absolute Gasteiger partial charge is 0.123 e. The molecule has 0 aromatic heterocycles. The van der Waals surface area contributed by atoms with Crippen LogP contribution in [0.15, 0.2) is 18.2 Å². The summed E-state index contributed by atoms with van der Waals surface area (Å²) in [6.45, 7) is 1.32. The minimum atomic E-state index is -0.155. The fraction of sp³-hybridized carbons (Fsp3) is 0.571. The second kappa shape index (κ2) is 5.55. The van der Waals surface area contributed by atoms with Crippen LogP contribution >= 0.6 is 12.4 Å². The van der Waals surface area contributed by atoms with Crippen molar-refractivity contribution in [3.63, 3.8) is 0 Å². The molecule has 4 heteroatoms. The van der Waals surface area contributed by atoms with Gasteiger partial charge in [0.1, 0.15) is 5.82 Å². The van der Waals surface area contributed by atoms with Gasteiger partial charge in [0.2, 0.25) is 0 Å². The Bertz CT molecular complexity index is 422. The molecule has 0 saturated heterocycles. The monoisotopic (exact) mass is 270 g/mol. The topological polar surface area (TPSA) is 35.2 Å². The van der Waals surface area contributed by atoms with Gasteiger partial charge in [-0.05, 0) is 60.9 Å². The lowest BCUT2D eigenvalue weighted by molar-refractivity contribution is 0.105. The van der Waals surface area contributed by atoms with E-state index in [9.17, 15) is 4.39 Å². The number of hydrogen-bond donors (Lipinski definition) is 1. The van der Waals surface area contributed by atoms with Crippen molar-refractivity contribution in [2.45, 2.75) is 37.9 Å². The Hall–Kier alpha value is -0.640. The molecule has 0 unspecified atom stereocenters. The van der Waals surface area contributed by atoms with Crippen LogP contribution in [0.5, 0.6) is 0 Å². The summed E-state index contributed by atoms with van der Waals surface area (Å²) in [5, 5.41) is 0. The van der Waals surface area contributed by atoms with E-state index in [-0.39, 0.29) is 18.2 Å². The molecule has 0 heterocycles. The summed E-state index contributed by atoms with van der Waals surface area (Å²) in [5.41, 5.74) is 7.91. The summed E-state index contributed by atoms with van der Waals surface area (Å²) >= 11 is 0. The molecule has 1 aromatic rings. The van der Waals surface area contributed by atoms with E-state index in [1.165, 1.54) is 18.9 Å². The van der Waals surface area contributed by atoms with E-state index in [4.69, 9.17) is 10.5 Å². The Kier molecular flexibility index (Phi) is 4.25. The van der Waals surface area contributed by atoms with Gasteiger partial charge in [-0.15, -0.1) is 12.4 Å². The zero-order chi connectivity index (χ0) is 11.8. The summed E-state index contributed by atoms with van der Waals surface area (Å²) in [5.74, 6) is 0.836. The zero-order valence-corrected chi connectivity index (χ0v) is 11.1. The lowest BCUT2D eigenvalue weighted by atomic mass is 10.0. The standard InChI is InChI=1S/C14H18FNO.ClH/c15-11-2-1-9(8-17-12-3-4-12)14(6-11)13-5-10(13)7-16;/h1-2,6,10,12-13H,3-5,7-8,16H2;1H/t10-,13+;/m1./s1/i15-1;. The minimum Gasteiger partial charge on any atom is -0.374 e. The minimum absolute atomic E-state index is 0. The van der Waals surface area contributed by atoms with E-state index in [0.717, 1.165) is 17.5 Å². The van der Waals surface area contributed by atoms with Crippen LogP contribution in [0.4, 0.5) is 4.39 Å². The Morgan fingerprint density at radius 2 is 2.11 bits per heavy atom. The first-order valence-corrected chi connectivity index (χ1v) is 6.38. The summed E-state index contributed by atoms with van der Waals surface area (Å²) in [7, 11) is 0. The van der Waals surface area contributed by atoms with Crippen molar-refractivity contribution in [3.05, 3.63) is 35.1 Å². The van der Waals surface area contributed by atoms with Gasteiger partial charge in [0, 0.05) is 0 Å². The number of hydrogen-bond acceptors (Lipinski definition) is 2. The molecule has 100 valence electrons. The molecule has 2 nitrogen and oxygen atoms in total. The van der Waals surface area contributed by atoms with Crippen LogP contribution < -0.4 is 5.73 Å². The molecule has 2 aliphatic carbocycles. The predicted molar refractivity (Wildman–Crippen MR) is 71.4 cm³/mol. The van der Waals surface area contributed by atoms with Crippen molar-refractivity contribution in [1.82, 2.24) is 0 Å². The first-order chi connectivity index (χ1) is 8.28. The highest BCUT2D eigenvalue weighted by Crippen LogP contribution is 2.48. The molecule has 0 radical (unpaired) electrons. The molecule has 0 bridgehead atoms. The third kappa shape index (κ3) is 3.02. The SMILES string of the molecule is Cl.NC[C@H]1C[C@@H]1c1cc([18F])ccc1COC1CC1. The molecule has 2 N–H and O–H groups in total. The molecule has 18 heavy (non-hydrogen) atoms. The molecule has 2 aliphatic rings. The Morgan fingerprint density at radius 1 is 1.33 bits per heavy atom. The maximum Gasteiger partial charge on any atom is 0.123 e. The number of halogens is 2. The highest BCUT2D eigenvalue weighted by atomic mass is 35.5. The van der Waals surface area contributed by atoms with Crippen LogP contribution in [0.2, 0.25) is 0 Å². The Balaban J connectivity index is 0.00000120. The van der Waals surface area contributed by atoms with Gasteiger partial charge in [0.25, 0.3) is 0 Å². The lowest BCUT2D eigenvalue weighted by Gasteiger charge is -2.10. The second-order valence-corrected chi connectivity index (χ2v) is 5.19. The zero-order valence-electron chi connectivity index (χ0n) is 10.3. The number of nitrogens with two attached hydrogens (primary N) is 1. The molecule has 2 saturated carbocycles. The van der Waals surface area contributed by atoms with Crippen LogP contribution in [0.25, 0.3) is 0 Å². The van der Waals surface area contributed by atoms with Gasteiger partial charge in [0.15, 0.2) is 0 Å². The molecule has 0 spiro atoms. The summed E-state index contributed by atoms with van der Waals surface area (Å²) in [4.78, 5) is 0. The molecule has 0 aliphatic heterocycles. The number of benzene rings is 1. The largest absolute Gasteiger partial charge is 0.374 e. The normalized spacial score (nSPS) is 25.7. The van der Waals surface area contributed by atoms with Gasteiger partial charge in [-0.2, -0.15) is 0 Å². The van der Waals surface area contributed by atoms with Gasteiger partial charge in [0.05, 0.1) is 12.7 Å². The molecular formula is C14H19ClFNO. The van der Waals surface area contributed by atoms with Gasteiger partial charge in [-0.3, -0.25) is 0 Å². The molecular weight excluding hydrogens is 252 g/mol. The number of rotatable bonds is 5. The summed E-state index contributed by atoms with van der Waals surface area (Å²) < 4.78 is 19.0. The fourth-order valence-corrected chi connectivity index (χ4v) is 2.37. The van der Waals surface area contributed by atoms with Crippen LogP contribution in [0, 0.1) is 11.7 Å². The van der Waals surface area contributed by atoms with E-state index in [1.54, 1.807) is 6.07 Å². The summed E-state index contributed by atoms with van der Waals surface area (Å²) in [6.07, 6.45) is 3.88. The van der Waals surface area contributed by atoms with Crippen molar-refractivity contribution in [1.29, 1.82) is 0 Å². The van der Waals surface area contributed by atoms with Crippen molar-refractivity contribution < 1.29 is 9.13 Å². The first kappa shape index (κ1) is 13.8. The lowest BCUT2D eigenvalue weighted by Crippen LogP contribution is -2.04. The van der Waals surface area contributed by atoms with Gasteiger partial charge >= 0.3 is 0 Å². The molecule has 0 amide bonds. The quantitative estimate of drug-likeness (QED) is 0.893. The van der Waals surface area contributed by atoms with Crippen LogP contribution in [0.1, 0.15) is 36.3 Å². The fourth-order valence-electron chi connectivity index (χ4n) is 2.37. The van der Waals surface area contributed by atoms with E-state index in [1.807, 2.05) is 6.07 Å². The second-order valence-electron chi connectivity index (χ2n) is 5.19. The van der Waals surface area contributed by atoms with E-state index < -0.39 is 0 Å². The van der Waals surface area contributed by atoms with Crippen molar-refractivity contribution in [2.75, 3.05) is 6.54 Å². The molecule has 2 atom stereocenters. The highest BCUT2D eigenvalue weighted by molar-refractivity contribution is 5.85. The van der Waals surface area contributed by atoms with Gasteiger partial charge < -0.3 is 10.5 Å². The van der Waals surface area contributed by atoms with Crippen LogP contribution in [0.3, 0.4) is 0 Å². The molecule has 2 fully saturated rings. The maximum absolute atomic E-state index is 13.3. The van der Waals surface area contributed by atoms with E-state index in [0.29, 0.717) is 31.1 Å². The van der Waals surface area contributed by atoms with E-state index >= 15 is 0 Å². The Morgan fingerprint density at radius 3 is 2.72 bits per heavy atom. The van der Waals surface area contributed by atoms with Crippen LogP contribution in [-0.4, -0.2) is 12.6 Å². The molecule has 1 aromatic carbocycles.